The van der Waals surface area contributed by atoms with Crippen molar-refractivity contribution < 1.29 is 13.2 Å². The molecule has 0 saturated heterocycles. The van der Waals surface area contributed by atoms with Crippen LogP contribution >= 0.6 is 0 Å². The van der Waals surface area contributed by atoms with Crippen molar-refractivity contribution in [3.05, 3.63) is 61.1 Å². The van der Waals surface area contributed by atoms with E-state index in [4.69, 9.17) is 4.74 Å². The Hall–Kier alpha value is -3.41. The van der Waals surface area contributed by atoms with Crippen molar-refractivity contribution >= 4 is 27.3 Å². The fourth-order valence-electron chi connectivity index (χ4n) is 2.98. The van der Waals surface area contributed by atoms with Crippen molar-refractivity contribution in [2.24, 2.45) is 0 Å². The van der Waals surface area contributed by atoms with Gasteiger partial charge in [-0.2, -0.15) is 9.82 Å². The topological polar surface area (TPSA) is 123 Å². The number of imidazole rings is 1. The van der Waals surface area contributed by atoms with Crippen molar-refractivity contribution in [2.75, 3.05) is 11.9 Å². The number of sulfonamides is 1. The summed E-state index contributed by atoms with van der Waals surface area (Å²) >= 11 is 0. The van der Waals surface area contributed by atoms with Crippen LogP contribution in [-0.2, 0) is 14.8 Å². The first-order chi connectivity index (χ1) is 15.0. The Morgan fingerprint density at radius 1 is 1.10 bits per heavy atom. The lowest BCUT2D eigenvalue weighted by Crippen LogP contribution is -2.34. The average Bonchev–Trinajstić information content (AvgIpc) is 3.18. The van der Waals surface area contributed by atoms with Crippen LogP contribution in [0.2, 0.25) is 0 Å². The zero-order valence-corrected chi connectivity index (χ0v) is 17.7. The van der Waals surface area contributed by atoms with Gasteiger partial charge in [-0.05, 0) is 56.3 Å². The van der Waals surface area contributed by atoms with Crippen LogP contribution in [0, 0.1) is 0 Å². The molecule has 0 bridgehead atoms. The highest BCUT2D eigenvalue weighted by Crippen LogP contribution is 2.21. The first-order valence-electron chi connectivity index (χ1n) is 9.59. The van der Waals surface area contributed by atoms with Gasteiger partial charge in [-0.1, -0.05) is 0 Å². The predicted octanol–water partition coefficient (Wildman–Crippen LogP) is 2.59. The first-order valence-corrected chi connectivity index (χ1v) is 11.1. The maximum Gasteiger partial charge on any atom is 0.242 e. The lowest BCUT2D eigenvalue weighted by Gasteiger charge is -2.14. The number of nitrogens with one attached hydrogen (secondary N) is 2. The minimum atomic E-state index is -3.68. The fraction of sp³-hybridized carbons (Fsp3) is 0.200. The highest BCUT2D eigenvalue weighted by atomic mass is 32.2. The normalized spacial score (nSPS) is 12.7. The number of hydrogen-bond donors (Lipinski definition) is 2. The summed E-state index contributed by atoms with van der Waals surface area (Å²) in [5.41, 5.74) is 2.74. The van der Waals surface area contributed by atoms with Gasteiger partial charge >= 0.3 is 0 Å². The van der Waals surface area contributed by atoms with Gasteiger partial charge in [-0.15, -0.1) is 0 Å². The van der Waals surface area contributed by atoms with E-state index in [1.165, 1.54) is 12.1 Å². The molecule has 0 spiro atoms. The molecule has 11 heteroatoms. The molecule has 2 N–H and O–H groups in total. The highest BCUT2D eigenvalue weighted by molar-refractivity contribution is 7.89. The summed E-state index contributed by atoms with van der Waals surface area (Å²) < 4.78 is 34.2. The maximum absolute atomic E-state index is 12.4. The second-order valence-corrected chi connectivity index (χ2v) is 8.28. The minimum absolute atomic E-state index is 0.135. The van der Waals surface area contributed by atoms with E-state index in [1.54, 1.807) is 55.2 Å². The number of hydrogen-bond acceptors (Lipinski definition) is 8. The van der Waals surface area contributed by atoms with Crippen molar-refractivity contribution in [2.45, 2.75) is 25.0 Å². The molecule has 0 aliphatic heterocycles. The van der Waals surface area contributed by atoms with Gasteiger partial charge in [-0.25, -0.2) is 27.9 Å². The van der Waals surface area contributed by atoms with Crippen LogP contribution in [0.3, 0.4) is 0 Å². The number of ether oxygens (including phenoxy) is 1. The van der Waals surface area contributed by atoms with Crippen LogP contribution in [0.1, 0.15) is 13.8 Å². The van der Waals surface area contributed by atoms with Gasteiger partial charge in [0.25, 0.3) is 0 Å². The minimum Gasteiger partial charge on any atom is -0.363 e. The van der Waals surface area contributed by atoms with Crippen LogP contribution in [0.15, 0.2) is 66.0 Å². The van der Waals surface area contributed by atoms with E-state index in [2.05, 4.69) is 30.1 Å². The Morgan fingerprint density at radius 2 is 1.90 bits per heavy atom. The standard InChI is InChI=1S/C20H21N7O3S/c1-3-30-14(2)26-31(28,29)16-8-6-15(7-9-16)24-20-21-12-10-17(25-20)18-13-22-19-5-4-11-23-27(18)19/h4-14,26H,3H2,1-2H3,(H,21,24,25). The molecule has 3 aromatic heterocycles. The summed E-state index contributed by atoms with van der Waals surface area (Å²) in [5, 5.41) is 7.38. The summed E-state index contributed by atoms with van der Waals surface area (Å²) in [6.07, 6.45) is 4.39. The predicted molar refractivity (Wildman–Crippen MR) is 115 cm³/mol. The summed E-state index contributed by atoms with van der Waals surface area (Å²) in [5.74, 6) is 0.363. The Balaban J connectivity index is 1.52. The molecular formula is C20H21N7O3S. The zero-order chi connectivity index (χ0) is 21.8. The SMILES string of the molecule is CCOC(C)NS(=O)(=O)c1ccc(Nc2nccc(-c3cnc4cccnn34)n2)cc1. The summed E-state index contributed by atoms with van der Waals surface area (Å²) in [4.78, 5) is 13.2. The van der Waals surface area contributed by atoms with Crippen molar-refractivity contribution in [1.82, 2.24) is 29.3 Å². The second kappa shape index (κ2) is 8.76. The molecule has 0 aliphatic rings. The molecule has 3 heterocycles. The van der Waals surface area contributed by atoms with Crippen molar-refractivity contribution in [1.29, 1.82) is 0 Å². The zero-order valence-electron chi connectivity index (χ0n) is 16.9. The Labute approximate surface area is 179 Å². The quantitative estimate of drug-likeness (QED) is 0.402. The van der Waals surface area contributed by atoms with Gasteiger partial charge in [0.15, 0.2) is 5.65 Å². The molecule has 0 radical (unpaired) electrons. The number of anilines is 2. The molecule has 31 heavy (non-hydrogen) atoms. The molecule has 0 amide bonds. The van der Waals surface area contributed by atoms with E-state index in [-0.39, 0.29) is 4.90 Å². The Kier molecular flexibility index (Phi) is 5.89. The lowest BCUT2D eigenvalue weighted by atomic mass is 10.3. The molecule has 1 aromatic carbocycles. The van der Waals surface area contributed by atoms with Crippen LogP contribution in [-0.4, -0.2) is 45.8 Å². The Bertz CT molecular complexity index is 1290. The van der Waals surface area contributed by atoms with Gasteiger partial charge in [0.05, 0.1) is 16.8 Å². The van der Waals surface area contributed by atoms with Gasteiger partial charge < -0.3 is 10.1 Å². The number of aromatic nitrogens is 5. The monoisotopic (exact) mass is 439 g/mol. The van der Waals surface area contributed by atoms with E-state index in [0.717, 1.165) is 11.3 Å². The third-order valence-corrected chi connectivity index (χ3v) is 5.89. The van der Waals surface area contributed by atoms with Crippen LogP contribution in [0.25, 0.3) is 17.0 Å². The van der Waals surface area contributed by atoms with Crippen molar-refractivity contribution in [3.63, 3.8) is 0 Å². The van der Waals surface area contributed by atoms with Crippen molar-refractivity contribution in [3.8, 4) is 11.4 Å². The van der Waals surface area contributed by atoms with E-state index in [9.17, 15) is 8.42 Å². The van der Waals surface area contributed by atoms with Crippen LogP contribution in [0.4, 0.5) is 11.6 Å². The molecule has 10 nitrogen and oxygen atoms in total. The van der Waals surface area contributed by atoms with E-state index in [0.29, 0.717) is 23.9 Å². The van der Waals surface area contributed by atoms with Crippen LogP contribution < -0.4 is 10.0 Å². The number of fused-ring (bicyclic) bond motifs is 1. The second-order valence-electron chi connectivity index (χ2n) is 6.57. The van der Waals surface area contributed by atoms with E-state index < -0.39 is 16.3 Å². The lowest BCUT2D eigenvalue weighted by molar-refractivity contribution is 0.0689. The highest BCUT2D eigenvalue weighted by Gasteiger charge is 2.17. The summed E-state index contributed by atoms with van der Waals surface area (Å²) in [6.45, 7) is 3.85. The Morgan fingerprint density at radius 3 is 2.68 bits per heavy atom. The molecule has 1 unspecified atom stereocenters. The number of nitrogens with zero attached hydrogens (tertiary/aromatic N) is 5. The van der Waals surface area contributed by atoms with Gasteiger partial charge in [0.2, 0.25) is 16.0 Å². The third kappa shape index (κ3) is 4.68. The molecule has 0 fully saturated rings. The summed E-state index contributed by atoms with van der Waals surface area (Å²) in [7, 11) is -3.68. The average molecular weight is 440 g/mol. The maximum atomic E-state index is 12.4. The number of benzene rings is 1. The van der Waals surface area contributed by atoms with Gasteiger partial charge in [-0.3, -0.25) is 0 Å². The van der Waals surface area contributed by atoms with E-state index in [1.807, 2.05) is 12.1 Å². The number of rotatable bonds is 8. The molecule has 4 rings (SSSR count). The third-order valence-electron chi connectivity index (χ3n) is 4.35. The molecule has 160 valence electrons. The summed E-state index contributed by atoms with van der Waals surface area (Å²) in [6, 6.07) is 11.7. The van der Waals surface area contributed by atoms with Crippen LogP contribution in [0.5, 0.6) is 0 Å². The van der Waals surface area contributed by atoms with Gasteiger partial charge in [0, 0.05) is 24.7 Å². The molecule has 1 atom stereocenters. The van der Waals surface area contributed by atoms with Gasteiger partial charge in [0.1, 0.15) is 11.9 Å². The largest absolute Gasteiger partial charge is 0.363 e. The first kappa shape index (κ1) is 20.8. The fourth-order valence-corrected chi connectivity index (χ4v) is 4.12. The molecule has 0 aliphatic carbocycles. The molecular weight excluding hydrogens is 418 g/mol. The molecule has 4 aromatic rings. The van der Waals surface area contributed by atoms with E-state index >= 15 is 0 Å². The molecule has 0 saturated carbocycles. The smallest absolute Gasteiger partial charge is 0.242 e.